The fraction of sp³-hybridized carbons (Fsp3) is 0.200. The van der Waals surface area contributed by atoms with Crippen LogP contribution in [0.3, 0.4) is 0 Å². The van der Waals surface area contributed by atoms with E-state index in [1.54, 1.807) is 12.4 Å². The molecule has 0 fully saturated rings. The lowest BCUT2D eigenvalue weighted by Gasteiger charge is -2.12. The zero-order valence-corrected chi connectivity index (χ0v) is 10.5. The van der Waals surface area contributed by atoms with E-state index in [0.29, 0.717) is 6.54 Å². The molecule has 0 saturated carbocycles. The van der Waals surface area contributed by atoms with Crippen molar-refractivity contribution >= 4 is 5.91 Å². The molecule has 19 heavy (non-hydrogen) atoms. The third-order valence-electron chi connectivity index (χ3n) is 3.31. The summed E-state index contributed by atoms with van der Waals surface area (Å²) in [6, 6.07) is 11.6. The molecule has 1 aromatic carbocycles. The van der Waals surface area contributed by atoms with Gasteiger partial charge in [-0.1, -0.05) is 30.3 Å². The van der Waals surface area contributed by atoms with Crippen LogP contribution in [0.5, 0.6) is 0 Å². The minimum Gasteiger partial charge on any atom is -0.350 e. The predicted molar refractivity (Wildman–Crippen MR) is 72.1 cm³/mol. The Balaban J connectivity index is 1.66. The molecule has 2 N–H and O–H groups in total. The molecule has 1 aliphatic heterocycles. The first-order valence-electron chi connectivity index (χ1n) is 6.32. The Morgan fingerprint density at radius 1 is 1.32 bits per heavy atom. The first kappa shape index (κ1) is 11.9. The summed E-state index contributed by atoms with van der Waals surface area (Å²) in [5, 5.41) is 6.17. The molecule has 1 atom stereocenters. The maximum absolute atomic E-state index is 12.2. The Bertz CT molecular complexity index is 583. The van der Waals surface area contributed by atoms with Gasteiger partial charge in [0.2, 0.25) is 5.91 Å². The average Bonchev–Trinajstić information content (AvgIpc) is 2.90. The van der Waals surface area contributed by atoms with Crippen LogP contribution in [0.4, 0.5) is 0 Å². The van der Waals surface area contributed by atoms with Crippen LogP contribution in [-0.2, 0) is 17.9 Å². The van der Waals surface area contributed by atoms with Gasteiger partial charge < -0.3 is 5.32 Å². The Kier molecular flexibility index (Phi) is 3.25. The predicted octanol–water partition coefficient (Wildman–Crippen LogP) is 1.54. The largest absolute Gasteiger partial charge is 0.350 e. The topological polar surface area (TPSA) is 54.0 Å². The van der Waals surface area contributed by atoms with Gasteiger partial charge in [0.25, 0.3) is 0 Å². The van der Waals surface area contributed by atoms with E-state index in [0.717, 1.165) is 17.7 Å². The number of nitrogens with zero attached hydrogens (tertiary/aromatic N) is 1. The third kappa shape index (κ3) is 2.48. The van der Waals surface area contributed by atoms with Gasteiger partial charge in [-0.25, -0.2) is 0 Å². The van der Waals surface area contributed by atoms with E-state index >= 15 is 0 Å². The van der Waals surface area contributed by atoms with Crippen molar-refractivity contribution in [2.75, 3.05) is 0 Å². The fourth-order valence-electron chi connectivity index (χ4n) is 2.33. The second-order valence-corrected chi connectivity index (χ2v) is 4.59. The lowest BCUT2D eigenvalue weighted by atomic mass is 10.0. The van der Waals surface area contributed by atoms with Gasteiger partial charge in [0.05, 0.1) is 0 Å². The minimum atomic E-state index is -0.243. The van der Waals surface area contributed by atoms with Crippen molar-refractivity contribution in [3.05, 3.63) is 65.5 Å². The Morgan fingerprint density at radius 3 is 3.05 bits per heavy atom. The van der Waals surface area contributed by atoms with Crippen molar-refractivity contribution < 1.29 is 4.79 Å². The molecular formula is C15H15N3O. The molecule has 96 valence electrons. The monoisotopic (exact) mass is 253 g/mol. The van der Waals surface area contributed by atoms with Gasteiger partial charge in [-0.3, -0.25) is 15.1 Å². The van der Waals surface area contributed by atoms with Gasteiger partial charge in [0.15, 0.2) is 0 Å². The second-order valence-electron chi connectivity index (χ2n) is 4.59. The van der Waals surface area contributed by atoms with Crippen LogP contribution in [0.1, 0.15) is 22.7 Å². The standard InChI is InChI=1S/C15H15N3O/c19-15(18-9-11-4-3-7-16-8-11)14-13-6-2-1-5-12(13)10-17-14/h1-8,14,17H,9-10H2,(H,18,19). The molecule has 1 amide bonds. The highest BCUT2D eigenvalue weighted by Gasteiger charge is 2.27. The van der Waals surface area contributed by atoms with Gasteiger partial charge in [-0.05, 0) is 22.8 Å². The smallest absolute Gasteiger partial charge is 0.242 e. The van der Waals surface area contributed by atoms with Crippen LogP contribution in [0.2, 0.25) is 0 Å². The number of fused-ring (bicyclic) bond motifs is 1. The summed E-state index contributed by atoms with van der Waals surface area (Å²) in [5.41, 5.74) is 3.28. The number of amides is 1. The minimum absolute atomic E-state index is 0.00815. The maximum Gasteiger partial charge on any atom is 0.242 e. The molecule has 2 heterocycles. The summed E-state index contributed by atoms with van der Waals surface area (Å²) in [6.07, 6.45) is 3.48. The summed E-state index contributed by atoms with van der Waals surface area (Å²) in [5.74, 6) is 0.00815. The zero-order chi connectivity index (χ0) is 13.1. The van der Waals surface area contributed by atoms with Crippen LogP contribution in [0.25, 0.3) is 0 Å². The first-order valence-corrected chi connectivity index (χ1v) is 6.32. The zero-order valence-electron chi connectivity index (χ0n) is 10.5. The fourth-order valence-corrected chi connectivity index (χ4v) is 2.33. The van der Waals surface area contributed by atoms with E-state index in [9.17, 15) is 4.79 Å². The van der Waals surface area contributed by atoms with Gasteiger partial charge in [0.1, 0.15) is 6.04 Å². The van der Waals surface area contributed by atoms with E-state index in [4.69, 9.17) is 0 Å². The van der Waals surface area contributed by atoms with Crippen molar-refractivity contribution in [2.45, 2.75) is 19.1 Å². The normalized spacial score (nSPS) is 16.9. The number of aromatic nitrogens is 1. The quantitative estimate of drug-likeness (QED) is 0.872. The molecule has 3 rings (SSSR count). The van der Waals surface area contributed by atoms with E-state index in [1.165, 1.54) is 5.56 Å². The molecule has 0 radical (unpaired) electrons. The molecule has 2 aromatic rings. The number of carbonyl (C=O) groups is 1. The highest BCUT2D eigenvalue weighted by molar-refractivity contribution is 5.84. The third-order valence-corrected chi connectivity index (χ3v) is 3.31. The molecule has 1 unspecified atom stereocenters. The maximum atomic E-state index is 12.2. The summed E-state index contributed by atoms with van der Waals surface area (Å²) in [7, 11) is 0. The lowest BCUT2D eigenvalue weighted by Crippen LogP contribution is -2.33. The Labute approximate surface area is 111 Å². The molecule has 0 aliphatic carbocycles. The number of carbonyl (C=O) groups excluding carboxylic acids is 1. The van der Waals surface area contributed by atoms with Crippen LogP contribution in [-0.4, -0.2) is 10.9 Å². The Morgan fingerprint density at radius 2 is 2.21 bits per heavy atom. The molecule has 0 bridgehead atoms. The molecule has 0 spiro atoms. The van der Waals surface area contributed by atoms with Crippen molar-refractivity contribution in [2.24, 2.45) is 0 Å². The number of nitrogens with one attached hydrogen (secondary N) is 2. The van der Waals surface area contributed by atoms with Crippen molar-refractivity contribution in [1.82, 2.24) is 15.6 Å². The summed E-state index contributed by atoms with van der Waals surface area (Å²) < 4.78 is 0. The lowest BCUT2D eigenvalue weighted by molar-refractivity contribution is -0.123. The number of hydrogen-bond donors (Lipinski definition) is 2. The summed E-state index contributed by atoms with van der Waals surface area (Å²) in [4.78, 5) is 16.2. The van der Waals surface area contributed by atoms with E-state index in [1.807, 2.05) is 30.3 Å². The van der Waals surface area contributed by atoms with Gasteiger partial charge >= 0.3 is 0 Å². The van der Waals surface area contributed by atoms with Gasteiger partial charge in [0, 0.05) is 25.5 Å². The molecular weight excluding hydrogens is 238 g/mol. The van der Waals surface area contributed by atoms with Gasteiger partial charge in [-0.2, -0.15) is 0 Å². The highest BCUT2D eigenvalue weighted by atomic mass is 16.2. The van der Waals surface area contributed by atoms with Crippen LogP contribution in [0, 0.1) is 0 Å². The highest BCUT2D eigenvalue weighted by Crippen LogP contribution is 2.24. The van der Waals surface area contributed by atoms with E-state index in [2.05, 4.69) is 21.7 Å². The summed E-state index contributed by atoms with van der Waals surface area (Å²) in [6.45, 7) is 1.26. The van der Waals surface area contributed by atoms with Gasteiger partial charge in [-0.15, -0.1) is 0 Å². The second kappa shape index (κ2) is 5.20. The Hall–Kier alpha value is -2.20. The molecule has 4 nitrogen and oxygen atoms in total. The number of pyridine rings is 1. The van der Waals surface area contributed by atoms with Crippen LogP contribution in [0.15, 0.2) is 48.8 Å². The van der Waals surface area contributed by atoms with Crippen LogP contribution >= 0.6 is 0 Å². The molecule has 0 saturated heterocycles. The average molecular weight is 253 g/mol. The number of rotatable bonds is 3. The molecule has 1 aliphatic rings. The molecule has 1 aromatic heterocycles. The molecule has 4 heteroatoms. The summed E-state index contributed by atoms with van der Waals surface area (Å²) >= 11 is 0. The van der Waals surface area contributed by atoms with E-state index in [-0.39, 0.29) is 11.9 Å². The van der Waals surface area contributed by atoms with Crippen molar-refractivity contribution in [3.63, 3.8) is 0 Å². The SMILES string of the molecule is O=C(NCc1cccnc1)C1NCc2ccccc21. The van der Waals surface area contributed by atoms with Crippen molar-refractivity contribution in [1.29, 1.82) is 0 Å². The first-order chi connectivity index (χ1) is 9.34. The van der Waals surface area contributed by atoms with E-state index < -0.39 is 0 Å². The number of benzene rings is 1. The number of hydrogen-bond acceptors (Lipinski definition) is 3. The van der Waals surface area contributed by atoms with Crippen molar-refractivity contribution in [3.8, 4) is 0 Å². The van der Waals surface area contributed by atoms with Crippen LogP contribution < -0.4 is 10.6 Å².